The van der Waals surface area contributed by atoms with E-state index >= 15 is 0 Å². The van der Waals surface area contributed by atoms with Crippen LogP contribution < -0.4 is 4.74 Å². The van der Waals surface area contributed by atoms with Crippen molar-refractivity contribution in [1.29, 1.82) is 5.26 Å². The van der Waals surface area contributed by atoms with Gasteiger partial charge in [-0.15, -0.1) is 0 Å². The van der Waals surface area contributed by atoms with Gasteiger partial charge in [0.15, 0.2) is 6.61 Å². The summed E-state index contributed by atoms with van der Waals surface area (Å²) in [5, 5.41) is 8.82. The van der Waals surface area contributed by atoms with E-state index in [1.807, 2.05) is 50.2 Å². The third-order valence-electron chi connectivity index (χ3n) is 3.68. The van der Waals surface area contributed by atoms with Crippen molar-refractivity contribution in [3.05, 3.63) is 54.1 Å². The number of likely N-dealkylation sites (N-methyl/N-ethyl adjacent to an activating group) is 1. The number of amides is 1. The molecule has 2 aromatic carbocycles. The second kappa shape index (κ2) is 8.00. The van der Waals surface area contributed by atoms with E-state index < -0.39 is 0 Å². The fraction of sp³-hybridized carbons (Fsp3) is 0.263. The Bertz CT molecular complexity index is 681. The van der Waals surface area contributed by atoms with Crippen molar-refractivity contribution >= 4 is 5.91 Å². The van der Waals surface area contributed by atoms with E-state index in [1.165, 1.54) is 0 Å². The number of nitrogens with zero attached hydrogens (tertiary/aromatic N) is 2. The van der Waals surface area contributed by atoms with Crippen LogP contribution in [0.2, 0.25) is 0 Å². The van der Waals surface area contributed by atoms with Crippen LogP contribution in [0.5, 0.6) is 5.75 Å². The second-order valence-electron chi connectivity index (χ2n) is 5.07. The van der Waals surface area contributed by atoms with Crippen molar-refractivity contribution < 1.29 is 9.53 Å². The minimum Gasteiger partial charge on any atom is -0.484 e. The quantitative estimate of drug-likeness (QED) is 0.821. The molecule has 0 aromatic heterocycles. The van der Waals surface area contributed by atoms with E-state index in [-0.39, 0.29) is 12.5 Å². The zero-order chi connectivity index (χ0) is 16.7. The highest BCUT2D eigenvalue weighted by Crippen LogP contribution is 2.22. The van der Waals surface area contributed by atoms with E-state index in [4.69, 9.17) is 10.00 Å². The van der Waals surface area contributed by atoms with Crippen molar-refractivity contribution in [3.8, 4) is 22.9 Å². The van der Waals surface area contributed by atoms with E-state index in [2.05, 4.69) is 6.07 Å². The number of nitriles is 1. The van der Waals surface area contributed by atoms with Gasteiger partial charge in [-0.3, -0.25) is 4.79 Å². The summed E-state index contributed by atoms with van der Waals surface area (Å²) in [5.41, 5.74) is 2.72. The first-order chi connectivity index (χ1) is 11.2. The molecule has 0 saturated heterocycles. The van der Waals surface area contributed by atoms with Crippen LogP contribution in [0.3, 0.4) is 0 Å². The van der Waals surface area contributed by atoms with Crippen LogP contribution in [0.15, 0.2) is 48.5 Å². The molecule has 0 unspecified atom stereocenters. The zero-order valence-electron chi connectivity index (χ0n) is 13.5. The lowest BCUT2D eigenvalue weighted by atomic mass is 10.0. The minimum absolute atomic E-state index is 0.00818. The number of benzene rings is 2. The molecule has 4 heteroatoms. The molecule has 0 aliphatic rings. The fourth-order valence-electron chi connectivity index (χ4n) is 2.29. The van der Waals surface area contributed by atoms with Gasteiger partial charge in [0.1, 0.15) is 5.75 Å². The third kappa shape index (κ3) is 4.33. The standard InChI is InChI=1S/C19H20N2O2/c1-3-21(4-2)19(22)14-23-18-11-9-17(10-12-18)16-7-5-15(13-20)6-8-16/h5-12H,3-4,14H2,1-2H3. The van der Waals surface area contributed by atoms with Gasteiger partial charge in [-0.25, -0.2) is 0 Å². The Kier molecular flexibility index (Phi) is 5.76. The number of carbonyl (C=O) groups is 1. The van der Waals surface area contributed by atoms with Gasteiger partial charge in [0.05, 0.1) is 11.6 Å². The normalized spacial score (nSPS) is 9.96. The van der Waals surface area contributed by atoms with Gasteiger partial charge in [-0.2, -0.15) is 5.26 Å². The van der Waals surface area contributed by atoms with Crippen molar-refractivity contribution in [2.24, 2.45) is 0 Å². The van der Waals surface area contributed by atoms with Crippen LogP contribution in [-0.2, 0) is 4.79 Å². The highest BCUT2D eigenvalue weighted by atomic mass is 16.5. The number of hydrogen-bond donors (Lipinski definition) is 0. The Labute approximate surface area is 136 Å². The smallest absolute Gasteiger partial charge is 0.260 e. The first-order valence-electron chi connectivity index (χ1n) is 7.69. The number of ether oxygens (including phenoxy) is 1. The molecule has 118 valence electrons. The molecule has 0 atom stereocenters. The van der Waals surface area contributed by atoms with E-state index in [0.29, 0.717) is 24.4 Å². The summed E-state index contributed by atoms with van der Waals surface area (Å²) in [4.78, 5) is 13.6. The van der Waals surface area contributed by atoms with Crippen LogP contribution >= 0.6 is 0 Å². The maximum Gasteiger partial charge on any atom is 0.260 e. The van der Waals surface area contributed by atoms with Crippen LogP contribution in [0, 0.1) is 11.3 Å². The molecule has 0 aliphatic heterocycles. The maximum atomic E-state index is 11.9. The second-order valence-corrected chi connectivity index (χ2v) is 5.07. The van der Waals surface area contributed by atoms with Gasteiger partial charge < -0.3 is 9.64 Å². The highest BCUT2D eigenvalue weighted by molar-refractivity contribution is 5.77. The molecule has 0 radical (unpaired) electrons. The number of hydrogen-bond acceptors (Lipinski definition) is 3. The Balaban J connectivity index is 1.99. The summed E-state index contributed by atoms with van der Waals surface area (Å²) in [7, 11) is 0. The molecule has 0 spiro atoms. The van der Waals surface area contributed by atoms with Crippen LogP contribution in [-0.4, -0.2) is 30.5 Å². The van der Waals surface area contributed by atoms with Crippen LogP contribution in [0.1, 0.15) is 19.4 Å². The van der Waals surface area contributed by atoms with Crippen molar-refractivity contribution in [1.82, 2.24) is 4.90 Å². The van der Waals surface area contributed by atoms with Crippen LogP contribution in [0.4, 0.5) is 0 Å². The number of rotatable bonds is 6. The monoisotopic (exact) mass is 308 g/mol. The summed E-state index contributed by atoms with van der Waals surface area (Å²) in [6, 6.07) is 17.1. The largest absolute Gasteiger partial charge is 0.484 e. The third-order valence-corrected chi connectivity index (χ3v) is 3.68. The zero-order valence-corrected chi connectivity index (χ0v) is 13.5. The van der Waals surface area contributed by atoms with Gasteiger partial charge in [0.2, 0.25) is 0 Å². The average Bonchev–Trinajstić information content (AvgIpc) is 2.61. The first kappa shape index (κ1) is 16.6. The summed E-state index contributed by atoms with van der Waals surface area (Å²) in [5.74, 6) is 0.661. The van der Waals surface area contributed by atoms with Crippen molar-refractivity contribution in [3.63, 3.8) is 0 Å². The first-order valence-corrected chi connectivity index (χ1v) is 7.69. The Hall–Kier alpha value is -2.80. The molecule has 4 nitrogen and oxygen atoms in total. The molecule has 0 heterocycles. The Morgan fingerprint density at radius 2 is 1.52 bits per heavy atom. The maximum absolute atomic E-state index is 11.9. The Morgan fingerprint density at radius 1 is 1.00 bits per heavy atom. The summed E-state index contributed by atoms with van der Waals surface area (Å²) in [6.07, 6.45) is 0. The van der Waals surface area contributed by atoms with Crippen molar-refractivity contribution in [2.45, 2.75) is 13.8 Å². The molecule has 2 aromatic rings. The van der Waals surface area contributed by atoms with Gasteiger partial charge >= 0.3 is 0 Å². The molecule has 0 fully saturated rings. The molecule has 0 saturated carbocycles. The molecule has 0 bridgehead atoms. The lowest BCUT2D eigenvalue weighted by Crippen LogP contribution is -2.34. The van der Waals surface area contributed by atoms with E-state index in [0.717, 1.165) is 11.1 Å². The van der Waals surface area contributed by atoms with Crippen molar-refractivity contribution in [2.75, 3.05) is 19.7 Å². The molecule has 23 heavy (non-hydrogen) atoms. The topological polar surface area (TPSA) is 53.3 Å². The van der Waals surface area contributed by atoms with Gasteiger partial charge in [0, 0.05) is 13.1 Å². The summed E-state index contributed by atoms with van der Waals surface area (Å²) in [6.45, 7) is 5.34. The molecular weight excluding hydrogens is 288 g/mol. The summed E-state index contributed by atoms with van der Waals surface area (Å²) >= 11 is 0. The number of carbonyl (C=O) groups excluding carboxylic acids is 1. The van der Waals surface area contributed by atoms with E-state index in [1.54, 1.807) is 17.0 Å². The molecule has 1 amide bonds. The molecular formula is C19H20N2O2. The summed E-state index contributed by atoms with van der Waals surface area (Å²) < 4.78 is 5.55. The SMILES string of the molecule is CCN(CC)C(=O)COc1ccc(-c2ccc(C#N)cc2)cc1. The molecule has 2 rings (SSSR count). The highest BCUT2D eigenvalue weighted by Gasteiger charge is 2.10. The van der Waals surface area contributed by atoms with Gasteiger partial charge in [-0.05, 0) is 49.2 Å². The Morgan fingerprint density at radius 3 is 2.00 bits per heavy atom. The lowest BCUT2D eigenvalue weighted by molar-refractivity contribution is -0.132. The molecule has 0 N–H and O–H groups in total. The van der Waals surface area contributed by atoms with Crippen LogP contribution in [0.25, 0.3) is 11.1 Å². The predicted octanol–water partition coefficient (Wildman–Crippen LogP) is 3.47. The fourth-order valence-corrected chi connectivity index (χ4v) is 2.29. The predicted molar refractivity (Wildman–Crippen MR) is 90.0 cm³/mol. The van der Waals surface area contributed by atoms with E-state index in [9.17, 15) is 4.79 Å². The molecule has 0 aliphatic carbocycles. The lowest BCUT2D eigenvalue weighted by Gasteiger charge is -2.18. The average molecular weight is 308 g/mol. The van der Waals surface area contributed by atoms with Gasteiger partial charge in [-0.1, -0.05) is 24.3 Å². The minimum atomic E-state index is -0.00818. The van der Waals surface area contributed by atoms with Gasteiger partial charge in [0.25, 0.3) is 5.91 Å².